The van der Waals surface area contributed by atoms with E-state index in [9.17, 15) is 9.59 Å². The number of carbonyl (C=O) groups is 1. The molecule has 2 aromatic heterocycles. The molecule has 0 saturated carbocycles. The normalized spacial score (nSPS) is 18.8. The van der Waals surface area contributed by atoms with Gasteiger partial charge in [-0.2, -0.15) is 0 Å². The molecule has 1 aliphatic rings. The third kappa shape index (κ3) is 4.62. The van der Waals surface area contributed by atoms with Crippen LogP contribution in [0.25, 0.3) is 11.4 Å². The molecule has 1 saturated heterocycles. The maximum Gasteiger partial charge on any atom is 0.252 e. The van der Waals surface area contributed by atoms with Crippen LogP contribution in [0.3, 0.4) is 0 Å². The van der Waals surface area contributed by atoms with Crippen LogP contribution in [0.15, 0.2) is 41.3 Å². The minimum atomic E-state index is -0.252. The van der Waals surface area contributed by atoms with Gasteiger partial charge in [0.25, 0.3) is 5.56 Å². The molecule has 1 aromatic carbocycles. The first kappa shape index (κ1) is 21.5. The number of hydrogen-bond donors (Lipinski definition) is 1. The van der Waals surface area contributed by atoms with Crippen LogP contribution in [-0.2, 0) is 0 Å². The number of aromatic amines is 1. The van der Waals surface area contributed by atoms with Crippen molar-refractivity contribution in [3.05, 3.63) is 68.3 Å². The first-order chi connectivity index (χ1) is 14.8. The van der Waals surface area contributed by atoms with Crippen LogP contribution >= 0.6 is 23.2 Å². The van der Waals surface area contributed by atoms with Gasteiger partial charge < -0.3 is 4.90 Å². The molecule has 0 aliphatic carbocycles. The minimum Gasteiger partial charge on any atom is -0.340 e. The number of benzene rings is 1. The van der Waals surface area contributed by atoms with E-state index in [4.69, 9.17) is 23.2 Å². The monoisotopic (exact) mass is 457 g/mol. The lowest BCUT2D eigenvalue weighted by Crippen LogP contribution is -2.44. The average molecular weight is 458 g/mol. The quantitative estimate of drug-likeness (QED) is 0.586. The van der Waals surface area contributed by atoms with E-state index in [1.54, 1.807) is 37.4 Å². The Morgan fingerprint density at radius 3 is 2.65 bits per heavy atom. The van der Waals surface area contributed by atoms with Gasteiger partial charge in [0.05, 0.1) is 21.4 Å². The summed E-state index contributed by atoms with van der Waals surface area (Å²) in [7, 11) is 0. The molecule has 0 amide bonds. The zero-order valence-corrected chi connectivity index (χ0v) is 18.6. The van der Waals surface area contributed by atoms with E-state index in [1.165, 1.54) is 6.07 Å². The number of halogens is 2. The molecular formula is C22H21Cl2N5O2. The number of ketones is 1. The summed E-state index contributed by atoms with van der Waals surface area (Å²) in [6, 6.07) is 8.14. The first-order valence-electron chi connectivity index (χ1n) is 9.99. The van der Waals surface area contributed by atoms with Crippen molar-refractivity contribution in [3.63, 3.8) is 0 Å². The van der Waals surface area contributed by atoms with Crippen molar-refractivity contribution in [2.75, 3.05) is 11.4 Å². The molecule has 3 aromatic rings. The zero-order valence-electron chi connectivity index (χ0n) is 17.1. The molecule has 0 radical (unpaired) electrons. The topological polar surface area (TPSA) is 91.8 Å². The van der Waals surface area contributed by atoms with E-state index < -0.39 is 0 Å². The summed E-state index contributed by atoms with van der Waals surface area (Å²) in [6.07, 6.45) is 2.92. The Morgan fingerprint density at radius 1 is 1.13 bits per heavy atom. The molecule has 2 atom stereocenters. The molecule has 3 heterocycles. The van der Waals surface area contributed by atoms with E-state index >= 15 is 0 Å². The van der Waals surface area contributed by atoms with E-state index in [1.807, 2.05) is 11.8 Å². The molecule has 1 fully saturated rings. The van der Waals surface area contributed by atoms with Gasteiger partial charge in [-0.05, 0) is 51.0 Å². The van der Waals surface area contributed by atoms with Gasteiger partial charge in [-0.25, -0.2) is 15.0 Å². The number of nitrogens with zero attached hydrogens (tertiary/aromatic N) is 4. The van der Waals surface area contributed by atoms with Gasteiger partial charge in [-0.1, -0.05) is 23.2 Å². The lowest BCUT2D eigenvalue weighted by atomic mass is 9.85. The number of Topliss-reactive ketones (excluding diaryl/α,β-unsaturated/α-hetero) is 1. The first-order valence-corrected chi connectivity index (χ1v) is 10.7. The van der Waals surface area contributed by atoms with Crippen molar-refractivity contribution in [3.8, 4) is 11.4 Å². The highest BCUT2D eigenvalue weighted by Crippen LogP contribution is 2.30. The third-order valence-corrected chi connectivity index (χ3v) is 6.23. The van der Waals surface area contributed by atoms with Gasteiger partial charge in [-0.15, -0.1) is 0 Å². The summed E-state index contributed by atoms with van der Waals surface area (Å²) >= 11 is 12.0. The summed E-state index contributed by atoms with van der Waals surface area (Å²) in [5.74, 6) is 1.00. The van der Waals surface area contributed by atoms with Gasteiger partial charge in [0.1, 0.15) is 5.82 Å². The van der Waals surface area contributed by atoms with E-state index in [2.05, 4.69) is 19.9 Å². The van der Waals surface area contributed by atoms with Crippen LogP contribution in [0.5, 0.6) is 0 Å². The second kappa shape index (κ2) is 8.77. The second-order valence-electron chi connectivity index (χ2n) is 7.70. The number of H-pyrrole nitrogens is 1. The van der Waals surface area contributed by atoms with Crippen LogP contribution in [0.4, 0.5) is 5.95 Å². The highest BCUT2D eigenvalue weighted by molar-refractivity contribution is 6.42. The SMILES string of the molecule is Cc1nccc(-c2cc(=O)[nH]c(N3CCC(C(=O)c4ccc(Cl)c(Cl)c4)C[C@H]3C)n2)n1. The smallest absolute Gasteiger partial charge is 0.252 e. The number of aryl methyl sites for hydroxylation is 1. The molecule has 160 valence electrons. The molecule has 1 aliphatic heterocycles. The summed E-state index contributed by atoms with van der Waals surface area (Å²) in [4.78, 5) is 43.2. The summed E-state index contributed by atoms with van der Waals surface area (Å²) in [5.41, 5.74) is 1.40. The largest absolute Gasteiger partial charge is 0.340 e. The Kier molecular flexibility index (Phi) is 6.07. The lowest BCUT2D eigenvalue weighted by molar-refractivity contribution is 0.0890. The van der Waals surface area contributed by atoms with E-state index in [-0.39, 0.29) is 23.3 Å². The van der Waals surface area contributed by atoms with Crippen LogP contribution < -0.4 is 10.5 Å². The van der Waals surface area contributed by atoms with Gasteiger partial charge in [0.2, 0.25) is 5.95 Å². The molecule has 0 bridgehead atoms. The van der Waals surface area contributed by atoms with Crippen LogP contribution in [0.2, 0.25) is 10.0 Å². The number of aromatic nitrogens is 4. The summed E-state index contributed by atoms with van der Waals surface area (Å²) < 4.78 is 0. The van der Waals surface area contributed by atoms with Gasteiger partial charge in [-0.3, -0.25) is 14.6 Å². The van der Waals surface area contributed by atoms with E-state index in [0.717, 1.165) is 0 Å². The zero-order chi connectivity index (χ0) is 22.1. The number of carbonyl (C=O) groups excluding carboxylic acids is 1. The fraction of sp³-hybridized carbons (Fsp3) is 0.318. The Labute approximate surface area is 189 Å². The summed E-state index contributed by atoms with van der Waals surface area (Å²) in [5, 5.41) is 0.798. The second-order valence-corrected chi connectivity index (χ2v) is 8.51. The molecule has 9 heteroatoms. The summed E-state index contributed by atoms with van der Waals surface area (Å²) in [6.45, 7) is 4.40. The van der Waals surface area contributed by atoms with E-state index in [0.29, 0.717) is 58.2 Å². The molecule has 4 rings (SSSR count). The van der Waals surface area contributed by atoms with Crippen LogP contribution in [0.1, 0.15) is 35.9 Å². The molecule has 1 N–H and O–H groups in total. The fourth-order valence-corrected chi connectivity index (χ4v) is 4.22. The van der Waals surface area contributed by atoms with Crippen molar-refractivity contribution < 1.29 is 4.79 Å². The average Bonchev–Trinajstić information content (AvgIpc) is 2.74. The fourth-order valence-electron chi connectivity index (χ4n) is 3.92. The van der Waals surface area contributed by atoms with Crippen LogP contribution in [-0.4, -0.2) is 38.3 Å². The van der Waals surface area contributed by atoms with Gasteiger partial charge in [0, 0.05) is 36.3 Å². The molecule has 7 nitrogen and oxygen atoms in total. The molecule has 31 heavy (non-hydrogen) atoms. The number of piperidine rings is 1. The maximum atomic E-state index is 13.0. The van der Waals surface area contributed by atoms with Crippen molar-refractivity contribution >= 4 is 34.9 Å². The predicted octanol–water partition coefficient (Wildman–Crippen LogP) is 4.33. The van der Waals surface area contributed by atoms with Crippen molar-refractivity contribution in [2.45, 2.75) is 32.7 Å². The van der Waals surface area contributed by atoms with Gasteiger partial charge >= 0.3 is 0 Å². The predicted molar refractivity (Wildman–Crippen MR) is 121 cm³/mol. The third-order valence-electron chi connectivity index (χ3n) is 5.49. The molecule has 0 spiro atoms. The number of anilines is 1. The van der Waals surface area contributed by atoms with Crippen LogP contribution in [0, 0.1) is 12.8 Å². The Morgan fingerprint density at radius 2 is 1.94 bits per heavy atom. The number of nitrogens with one attached hydrogen (secondary N) is 1. The standard InChI is InChI=1S/C22H21Cl2N5O2/c1-12-9-15(21(31)14-3-4-16(23)17(24)10-14)6-8-29(12)22-27-19(11-20(30)28-22)18-5-7-25-13(2)26-18/h3-5,7,10-12,15H,6,8-9H2,1-2H3,(H,27,28,30)/t12-,15?/m1/s1. The Hall–Kier alpha value is -2.77. The number of rotatable bonds is 4. The van der Waals surface area contributed by atoms with Crippen molar-refractivity contribution in [1.29, 1.82) is 0 Å². The minimum absolute atomic E-state index is 0.0102. The molecular weight excluding hydrogens is 437 g/mol. The van der Waals surface area contributed by atoms with Crippen molar-refractivity contribution in [1.82, 2.24) is 19.9 Å². The molecule has 1 unspecified atom stereocenters. The van der Waals surface area contributed by atoms with Crippen molar-refractivity contribution in [2.24, 2.45) is 5.92 Å². The Balaban J connectivity index is 1.54. The lowest BCUT2D eigenvalue weighted by Gasteiger charge is -2.37. The highest BCUT2D eigenvalue weighted by Gasteiger charge is 2.32. The Bertz CT molecular complexity index is 1200. The highest BCUT2D eigenvalue weighted by atomic mass is 35.5. The number of hydrogen-bond acceptors (Lipinski definition) is 6. The maximum absolute atomic E-state index is 13.0. The van der Waals surface area contributed by atoms with Gasteiger partial charge in [0.15, 0.2) is 5.78 Å².